The first kappa shape index (κ1) is 24.0. The number of nitrogens with one attached hydrogen (secondary N) is 2. The lowest BCUT2D eigenvalue weighted by Gasteiger charge is -2.42. The number of halogens is 1. The van der Waals surface area contributed by atoms with Gasteiger partial charge in [0.05, 0.1) is 41.4 Å². The molecule has 3 heterocycles. The average molecular weight is 511 g/mol. The number of aryl methyl sites for hydroxylation is 1. The largest absolute Gasteiger partial charge is 0.328 e. The number of rotatable bonds is 5. The van der Waals surface area contributed by atoms with Gasteiger partial charge in [0.25, 0.3) is 10.2 Å². The number of imidazole rings is 1. The monoisotopic (exact) mass is 510 g/mol. The van der Waals surface area contributed by atoms with Crippen LogP contribution >= 0.6 is 11.6 Å². The molecule has 2 fully saturated rings. The summed E-state index contributed by atoms with van der Waals surface area (Å²) in [6.45, 7) is 4.52. The van der Waals surface area contributed by atoms with Crippen LogP contribution < -0.4 is 9.44 Å². The molecule has 2 aromatic carbocycles. The van der Waals surface area contributed by atoms with Gasteiger partial charge in [0.2, 0.25) is 0 Å². The lowest BCUT2D eigenvalue weighted by molar-refractivity contribution is 0.128. The number of piperidine rings is 1. The van der Waals surface area contributed by atoms with Crippen molar-refractivity contribution in [3.8, 4) is 6.07 Å². The molecule has 35 heavy (non-hydrogen) atoms. The fraction of sp³-hybridized carbons (Fsp3) is 0.360. The predicted molar refractivity (Wildman–Crippen MR) is 134 cm³/mol. The van der Waals surface area contributed by atoms with Crippen molar-refractivity contribution in [1.29, 1.82) is 5.26 Å². The summed E-state index contributed by atoms with van der Waals surface area (Å²) in [5.41, 5.74) is 4.46. The van der Waals surface area contributed by atoms with Gasteiger partial charge in [-0.1, -0.05) is 35.9 Å². The van der Waals surface area contributed by atoms with Crippen LogP contribution in [0.2, 0.25) is 5.02 Å². The SMILES string of the molecule is Cc1cc(C(c2cncn2Cc2ccc(C#N)cc2)N2CCC3(CC2)CNS(=O)(=O)N3)ccc1Cl. The molecular formula is C25H27ClN6O2S. The van der Waals surface area contributed by atoms with E-state index in [1.807, 2.05) is 49.8 Å². The fourth-order valence-corrected chi connectivity index (χ4v) is 6.56. The fourth-order valence-electron chi connectivity index (χ4n) is 5.06. The van der Waals surface area contributed by atoms with Gasteiger partial charge in [-0.25, -0.2) is 9.71 Å². The smallest absolute Gasteiger partial charge is 0.277 e. The van der Waals surface area contributed by atoms with E-state index in [2.05, 4.69) is 42.1 Å². The number of nitrogens with zero attached hydrogens (tertiary/aromatic N) is 4. The van der Waals surface area contributed by atoms with Gasteiger partial charge in [0.15, 0.2) is 0 Å². The highest BCUT2D eigenvalue weighted by atomic mass is 35.5. The Labute approximate surface area is 210 Å². The summed E-state index contributed by atoms with van der Waals surface area (Å²) >= 11 is 6.34. The van der Waals surface area contributed by atoms with E-state index in [0.29, 0.717) is 31.5 Å². The van der Waals surface area contributed by atoms with Gasteiger partial charge in [0.1, 0.15) is 0 Å². The number of likely N-dealkylation sites (tertiary alicyclic amines) is 1. The highest BCUT2D eigenvalue weighted by Crippen LogP contribution is 2.36. The number of hydrogen-bond acceptors (Lipinski definition) is 5. The summed E-state index contributed by atoms with van der Waals surface area (Å²) in [5.74, 6) is 0. The zero-order valence-electron chi connectivity index (χ0n) is 19.4. The molecule has 5 rings (SSSR count). The van der Waals surface area contributed by atoms with E-state index in [1.54, 1.807) is 0 Å². The van der Waals surface area contributed by atoms with Crippen molar-refractivity contribution < 1.29 is 8.42 Å². The molecule has 1 aromatic heterocycles. The van der Waals surface area contributed by atoms with Crippen LogP contribution in [0.4, 0.5) is 0 Å². The van der Waals surface area contributed by atoms with Gasteiger partial charge in [-0.05, 0) is 54.7 Å². The molecule has 182 valence electrons. The topological polar surface area (TPSA) is 103 Å². The number of nitriles is 1. The molecule has 8 nitrogen and oxygen atoms in total. The van der Waals surface area contributed by atoms with Crippen molar-refractivity contribution in [2.45, 2.75) is 37.9 Å². The van der Waals surface area contributed by atoms with Crippen LogP contribution in [0.5, 0.6) is 0 Å². The molecular weight excluding hydrogens is 484 g/mol. The van der Waals surface area contributed by atoms with Crippen LogP contribution in [0.25, 0.3) is 0 Å². The molecule has 2 aliphatic rings. The molecule has 0 saturated carbocycles. The van der Waals surface area contributed by atoms with Gasteiger partial charge < -0.3 is 4.57 Å². The third-order valence-corrected chi connectivity index (χ3v) is 8.68. The van der Waals surface area contributed by atoms with Crippen molar-refractivity contribution in [2.24, 2.45) is 0 Å². The summed E-state index contributed by atoms with van der Waals surface area (Å²) in [6, 6.07) is 15.8. The zero-order chi connectivity index (χ0) is 24.6. The van der Waals surface area contributed by atoms with Gasteiger partial charge in [-0.3, -0.25) is 4.90 Å². The van der Waals surface area contributed by atoms with E-state index < -0.39 is 15.7 Å². The normalized spacial score (nSPS) is 20.0. The maximum Gasteiger partial charge on any atom is 0.277 e. The second-order valence-corrected chi connectivity index (χ2v) is 11.3. The third kappa shape index (κ3) is 4.99. The Balaban J connectivity index is 1.46. The Morgan fingerprint density at radius 1 is 1.20 bits per heavy atom. The van der Waals surface area contributed by atoms with Crippen LogP contribution in [0.1, 0.15) is 46.8 Å². The van der Waals surface area contributed by atoms with E-state index >= 15 is 0 Å². The molecule has 10 heteroatoms. The molecule has 0 aliphatic carbocycles. The molecule has 2 aliphatic heterocycles. The van der Waals surface area contributed by atoms with Crippen LogP contribution in [0.3, 0.4) is 0 Å². The molecule has 2 saturated heterocycles. The molecule has 1 atom stereocenters. The first-order chi connectivity index (χ1) is 16.8. The molecule has 1 unspecified atom stereocenters. The second kappa shape index (κ2) is 9.37. The van der Waals surface area contributed by atoms with Crippen molar-refractivity contribution in [1.82, 2.24) is 23.9 Å². The van der Waals surface area contributed by atoms with E-state index in [0.717, 1.165) is 40.5 Å². The Morgan fingerprint density at radius 2 is 1.94 bits per heavy atom. The van der Waals surface area contributed by atoms with Crippen LogP contribution in [-0.2, 0) is 16.8 Å². The van der Waals surface area contributed by atoms with Crippen molar-refractivity contribution in [3.05, 3.63) is 88.0 Å². The minimum atomic E-state index is -3.41. The molecule has 0 amide bonds. The van der Waals surface area contributed by atoms with Crippen LogP contribution in [-0.4, -0.2) is 48.0 Å². The summed E-state index contributed by atoms with van der Waals surface area (Å²) in [5, 5.41) is 9.82. The highest BCUT2D eigenvalue weighted by Gasteiger charge is 2.44. The van der Waals surface area contributed by atoms with Crippen molar-refractivity contribution >= 4 is 21.8 Å². The molecule has 1 spiro atoms. The first-order valence-electron chi connectivity index (χ1n) is 11.6. The first-order valence-corrected chi connectivity index (χ1v) is 13.4. The van der Waals surface area contributed by atoms with E-state index in [9.17, 15) is 8.42 Å². The second-order valence-electron chi connectivity index (χ2n) is 9.41. The Kier molecular flexibility index (Phi) is 6.42. The van der Waals surface area contributed by atoms with Crippen LogP contribution in [0.15, 0.2) is 55.0 Å². The molecule has 0 radical (unpaired) electrons. The van der Waals surface area contributed by atoms with Crippen molar-refractivity contribution in [2.75, 3.05) is 19.6 Å². The Hall–Kier alpha value is -2.74. The molecule has 0 bridgehead atoms. The maximum atomic E-state index is 12.0. The van der Waals surface area contributed by atoms with Crippen molar-refractivity contribution in [3.63, 3.8) is 0 Å². The average Bonchev–Trinajstić information content (AvgIpc) is 3.41. The summed E-state index contributed by atoms with van der Waals surface area (Å²) in [4.78, 5) is 6.88. The van der Waals surface area contributed by atoms with Gasteiger partial charge >= 0.3 is 0 Å². The molecule has 2 N–H and O–H groups in total. The lowest BCUT2D eigenvalue weighted by atomic mass is 9.87. The minimum absolute atomic E-state index is 0.0600. The predicted octanol–water partition coefficient (Wildman–Crippen LogP) is 3.13. The number of benzene rings is 2. The third-order valence-electron chi connectivity index (χ3n) is 7.03. The van der Waals surface area contributed by atoms with Crippen LogP contribution in [0, 0.1) is 18.3 Å². The summed E-state index contributed by atoms with van der Waals surface area (Å²) in [7, 11) is -3.41. The standard InChI is InChI=1S/C25H27ClN6O2S/c1-18-12-21(6-7-22(18)26)24(31-10-8-25(9-11-31)16-29-35(33,34)30-25)23-14-28-17-32(23)15-20-4-2-19(13-27)3-5-20/h2-7,12,14,17,24,29-30H,8-11,15-16H2,1H3. The Bertz CT molecular complexity index is 1370. The molecule has 3 aromatic rings. The zero-order valence-corrected chi connectivity index (χ0v) is 21.0. The van der Waals surface area contributed by atoms with E-state index in [1.165, 1.54) is 0 Å². The van der Waals surface area contributed by atoms with Gasteiger partial charge in [-0.15, -0.1) is 0 Å². The Morgan fingerprint density at radius 3 is 2.57 bits per heavy atom. The quantitative estimate of drug-likeness (QED) is 0.549. The van der Waals surface area contributed by atoms with Gasteiger partial charge in [0, 0.05) is 31.2 Å². The minimum Gasteiger partial charge on any atom is -0.328 e. The maximum absolute atomic E-state index is 12.0. The lowest BCUT2D eigenvalue weighted by Crippen LogP contribution is -2.53. The number of aromatic nitrogens is 2. The summed E-state index contributed by atoms with van der Waals surface area (Å²) < 4.78 is 31.5. The van der Waals surface area contributed by atoms with E-state index in [-0.39, 0.29) is 6.04 Å². The van der Waals surface area contributed by atoms with Gasteiger partial charge in [-0.2, -0.15) is 18.4 Å². The van der Waals surface area contributed by atoms with E-state index in [4.69, 9.17) is 16.9 Å². The summed E-state index contributed by atoms with van der Waals surface area (Å²) in [6.07, 6.45) is 5.17. The number of hydrogen-bond donors (Lipinski definition) is 2. The highest BCUT2D eigenvalue weighted by molar-refractivity contribution is 7.87.